The zero-order valence-corrected chi connectivity index (χ0v) is 14.5. The summed E-state index contributed by atoms with van der Waals surface area (Å²) in [4.78, 5) is 12.0. The van der Waals surface area contributed by atoms with Gasteiger partial charge in [-0.2, -0.15) is 0 Å². The number of fused-ring (bicyclic) bond motifs is 1. The van der Waals surface area contributed by atoms with E-state index < -0.39 is 11.4 Å². The molecule has 1 saturated carbocycles. The van der Waals surface area contributed by atoms with Gasteiger partial charge in [0.2, 0.25) is 0 Å². The molecule has 0 bridgehead atoms. The molecule has 23 heavy (non-hydrogen) atoms. The van der Waals surface area contributed by atoms with Gasteiger partial charge in [-0.1, -0.05) is 25.0 Å². The molecule has 3 nitrogen and oxygen atoms in total. The van der Waals surface area contributed by atoms with Crippen molar-refractivity contribution >= 4 is 5.97 Å². The minimum Gasteiger partial charge on any atom is -0.481 e. The molecule has 3 rings (SSSR count). The van der Waals surface area contributed by atoms with Gasteiger partial charge in [-0.05, 0) is 74.8 Å². The number of carbonyl (C=O) groups is 1. The van der Waals surface area contributed by atoms with Crippen molar-refractivity contribution in [3.05, 3.63) is 35.8 Å². The summed E-state index contributed by atoms with van der Waals surface area (Å²) in [6, 6.07) is 2.03. The van der Waals surface area contributed by atoms with E-state index in [0.29, 0.717) is 5.92 Å². The van der Waals surface area contributed by atoms with E-state index in [4.69, 9.17) is 4.42 Å². The van der Waals surface area contributed by atoms with E-state index in [-0.39, 0.29) is 11.3 Å². The van der Waals surface area contributed by atoms with Gasteiger partial charge >= 0.3 is 5.97 Å². The quantitative estimate of drug-likeness (QED) is 0.788. The van der Waals surface area contributed by atoms with Crippen LogP contribution in [0.15, 0.2) is 34.7 Å². The summed E-state index contributed by atoms with van der Waals surface area (Å²) in [5.74, 6) is 0.0874. The van der Waals surface area contributed by atoms with Gasteiger partial charge in [0, 0.05) is 0 Å². The van der Waals surface area contributed by atoms with Gasteiger partial charge in [0.05, 0.1) is 17.9 Å². The van der Waals surface area contributed by atoms with Crippen molar-refractivity contribution in [3.63, 3.8) is 0 Å². The Morgan fingerprint density at radius 1 is 1.39 bits per heavy atom. The Kier molecular flexibility index (Phi) is 4.16. The summed E-state index contributed by atoms with van der Waals surface area (Å²) < 4.78 is 5.19. The SMILES string of the molecule is CC1=CC[C@H]2[C@@](C)(CCC[C@]2(C)C(=O)O)[C@@H]1CCc1ccoc1. The van der Waals surface area contributed by atoms with Crippen LogP contribution in [0.1, 0.15) is 58.4 Å². The third kappa shape index (κ3) is 2.64. The van der Waals surface area contributed by atoms with Crippen molar-refractivity contribution in [3.8, 4) is 0 Å². The molecule has 4 atom stereocenters. The fraction of sp³-hybridized carbons (Fsp3) is 0.650. The molecular weight excluding hydrogens is 288 g/mol. The minimum atomic E-state index is -0.616. The molecule has 0 aromatic carbocycles. The zero-order valence-electron chi connectivity index (χ0n) is 14.5. The Morgan fingerprint density at radius 2 is 2.17 bits per heavy atom. The first-order chi connectivity index (χ1) is 10.9. The van der Waals surface area contributed by atoms with E-state index >= 15 is 0 Å². The maximum absolute atomic E-state index is 12.0. The molecule has 0 aliphatic heterocycles. The molecule has 2 aliphatic rings. The van der Waals surface area contributed by atoms with Gasteiger partial charge in [0.25, 0.3) is 0 Å². The Bertz CT molecular complexity index is 600. The number of furan rings is 1. The van der Waals surface area contributed by atoms with Crippen LogP contribution in [0, 0.1) is 22.7 Å². The van der Waals surface area contributed by atoms with Crippen LogP contribution in [0.4, 0.5) is 0 Å². The van der Waals surface area contributed by atoms with Crippen LogP contribution in [-0.4, -0.2) is 11.1 Å². The van der Waals surface area contributed by atoms with Gasteiger partial charge in [-0.25, -0.2) is 0 Å². The Hall–Kier alpha value is -1.51. The van der Waals surface area contributed by atoms with Gasteiger partial charge in [-0.3, -0.25) is 4.79 Å². The third-order valence-electron chi connectivity index (χ3n) is 6.79. The number of carboxylic acids is 1. The second kappa shape index (κ2) is 5.85. The summed E-state index contributed by atoms with van der Waals surface area (Å²) in [7, 11) is 0. The highest BCUT2D eigenvalue weighted by atomic mass is 16.4. The number of hydrogen-bond acceptors (Lipinski definition) is 2. The molecule has 126 valence electrons. The first kappa shape index (κ1) is 16.4. The largest absolute Gasteiger partial charge is 0.481 e. The molecular formula is C20H28O3. The van der Waals surface area contributed by atoms with Gasteiger partial charge in [0.1, 0.15) is 0 Å². The van der Waals surface area contributed by atoms with Crippen LogP contribution in [0.25, 0.3) is 0 Å². The molecule has 1 fully saturated rings. The van der Waals surface area contributed by atoms with E-state index in [1.807, 2.05) is 19.3 Å². The van der Waals surface area contributed by atoms with Crippen molar-refractivity contribution < 1.29 is 14.3 Å². The van der Waals surface area contributed by atoms with Gasteiger partial charge in [0.15, 0.2) is 0 Å². The Labute approximate surface area is 138 Å². The van der Waals surface area contributed by atoms with Crippen LogP contribution in [0.2, 0.25) is 0 Å². The molecule has 3 heteroatoms. The summed E-state index contributed by atoms with van der Waals surface area (Å²) in [5.41, 5.74) is 2.19. The van der Waals surface area contributed by atoms with Crippen molar-refractivity contribution in [1.82, 2.24) is 0 Å². The molecule has 0 unspecified atom stereocenters. The molecule has 0 radical (unpaired) electrons. The summed E-state index contributed by atoms with van der Waals surface area (Å²) in [5, 5.41) is 9.85. The highest BCUT2D eigenvalue weighted by Gasteiger charge is 2.56. The monoisotopic (exact) mass is 316 g/mol. The van der Waals surface area contributed by atoms with Crippen molar-refractivity contribution in [2.45, 2.75) is 59.3 Å². The molecule has 1 aromatic heterocycles. The smallest absolute Gasteiger partial charge is 0.309 e. The third-order valence-corrected chi connectivity index (χ3v) is 6.79. The summed E-state index contributed by atoms with van der Waals surface area (Å²) in [6.45, 7) is 6.54. The fourth-order valence-corrected chi connectivity index (χ4v) is 5.38. The fourth-order valence-electron chi connectivity index (χ4n) is 5.38. The predicted octanol–water partition coefficient (Wildman–Crippen LogP) is 5.08. The number of aliphatic carboxylic acids is 1. The first-order valence-corrected chi connectivity index (χ1v) is 8.79. The predicted molar refractivity (Wildman–Crippen MR) is 90.1 cm³/mol. The summed E-state index contributed by atoms with van der Waals surface area (Å²) >= 11 is 0. The molecule has 2 aliphatic carbocycles. The molecule has 0 amide bonds. The maximum atomic E-state index is 12.0. The Morgan fingerprint density at radius 3 is 2.83 bits per heavy atom. The average molecular weight is 316 g/mol. The second-order valence-electron chi connectivity index (χ2n) is 8.04. The zero-order chi connectivity index (χ0) is 16.7. The summed E-state index contributed by atoms with van der Waals surface area (Å²) in [6.07, 6.45) is 11.8. The lowest BCUT2D eigenvalue weighted by Gasteiger charge is -2.56. The van der Waals surface area contributed by atoms with E-state index in [1.165, 1.54) is 11.1 Å². The van der Waals surface area contributed by atoms with E-state index in [2.05, 4.69) is 19.9 Å². The second-order valence-corrected chi connectivity index (χ2v) is 8.04. The molecule has 0 saturated heterocycles. The number of hydrogen-bond donors (Lipinski definition) is 1. The normalized spacial score (nSPS) is 37.1. The van der Waals surface area contributed by atoms with E-state index in [9.17, 15) is 9.90 Å². The molecule has 1 N–H and O–H groups in total. The average Bonchev–Trinajstić information content (AvgIpc) is 2.99. The highest BCUT2D eigenvalue weighted by molar-refractivity contribution is 5.75. The highest BCUT2D eigenvalue weighted by Crippen LogP contribution is 2.60. The van der Waals surface area contributed by atoms with Gasteiger partial charge in [-0.15, -0.1) is 0 Å². The lowest BCUT2D eigenvalue weighted by molar-refractivity contribution is -0.162. The topological polar surface area (TPSA) is 50.4 Å². The maximum Gasteiger partial charge on any atom is 0.309 e. The van der Waals surface area contributed by atoms with Crippen LogP contribution < -0.4 is 0 Å². The van der Waals surface area contributed by atoms with Crippen LogP contribution in [0.5, 0.6) is 0 Å². The van der Waals surface area contributed by atoms with Crippen LogP contribution in [0.3, 0.4) is 0 Å². The molecule has 0 spiro atoms. The van der Waals surface area contributed by atoms with E-state index in [1.54, 1.807) is 6.26 Å². The van der Waals surface area contributed by atoms with Gasteiger partial charge < -0.3 is 9.52 Å². The lowest BCUT2D eigenvalue weighted by Crippen LogP contribution is -2.52. The Balaban J connectivity index is 1.88. The number of allylic oxidation sites excluding steroid dienone is 2. The number of rotatable bonds is 4. The standard InChI is InChI=1S/C20H28O3/c1-14-5-8-17-19(2,10-4-11-20(17,3)18(21)22)16(14)7-6-15-9-12-23-13-15/h5,9,12-13,16-17H,4,6-8,10-11H2,1-3H3,(H,21,22)/t16-,17+,19+,20+/m1/s1. The molecule has 1 aromatic rings. The molecule has 1 heterocycles. The minimum absolute atomic E-state index is 0.0912. The lowest BCUT2D eigenvalue weighted by atomic mass is 9.47. The van der Waals surface area contributed by atoms with Crippen LogP contribution in [-0.2, 0) is 11.2 Å². The van der Waals surface area contributed by atoms with Crippen LogP contribution >= 0.6 is 0 Å². The number of aryl methyl sites for hydroxylation is 1. The van der Waals surface area contributed by atoms with E-state index in [0.717, 1.165) is 38.5 Å². The first-order valence-electron chi connectivity index (χ1n) is 8.79. The van der Waals surface area contributed by atoms with Crippen molar-refractivity contribution in [1.29, 1.82) is 0 Å². The van der Waals surface area contributed by atoms with Crippen molar-refractivity contribution in [2.75, 3.05) is 0 Å². The number of carboxylic acid groups (broad SMARTS) is 1. The van der Waals surface area contributed by atoms with Crippen molar-refractivity contribution in [2.24, 2.45) is 22.7 Å².